The average molecular weight is 356 g/mol. The van der Waals surface area contributed by atoms with Gasteiger partial charge in [0.15, 0.2) is 0 Å². The first-order chi connectivity index (χ1) is 8.00. The van der Waals surface area contributed by atoms with Crippen LogP contribution in [0.2, 0.25) is 0 Å². The van der Waals surface area contributed by atoms with E-state index in [1.807, 2.05) is 0 Å². The van der Waals surface area contributed by atoms with Crippen molar-refractivity contribution in [2.75, 3.05) is 11.0 Å². The van der Waals surface area contributed by atoms with Gasteiger partial charge in [-0.2, -0.15) is 13.2 Å². The second kappa shape index (κ2) is 5.14. The van der Waals surface area contributed by atoms with E-state index in [1.54, 1.807) is 6.07 Å². The maximum Gasteiger partial charge on any atom is 0.416 e. The summed E-state index contributed by atoms with van der Waals surface area (Å²) < 4.78 is 44.1. The molecule has 0 aliphatic carbocycles. The van der Waals surface area contributed by atoms with Crippen molar-refractivity contribution in [2.24, 2.45) is 0 Å². The van der Waals surface area contributed by atoms with E-state index < -0.39 is 11.7 Å². The molecule has 0 radical (unpaired) electrons. The zero-order valence-electron chi connectivity index (χ0n) is 9.01. The van der Waals surface area contributed by atoms with Crippen molar-refractivity contribution in [2.45, 2.75) is 24.6 Å². The fourth-order valence-electron chi connectivity index (χ4n) is 2.01. The third-order valence-electron chi connectivity index (χ3n) is 2.94. The molecule has 1 saturated heterocycles. The van der Waals surface area contributed by atoms with Crippen LogP contribution in [-0.4, -0.2) is 17.1 Å². The van der Waals surface area contributed by atoms with Gasteiger partial charge in [0.05, 0.1) is 18.3 Å². The van der Waals surface area contributed by atoms with Crippen LogP contribution >= 0.6 is 22.6 Å². The highest BCUT2D eigenvalue weighted by Gasteiger charge is 2.32. The maximum atomic E-state index is 12.6. The molecule has 94 valence electrons. The van der Waals surface area contributed by atoms with E-state index in [1.165, 1.54) is 12.1 Å². The molecule has 1 aliphatic heterocycles. The Morgan fingerprint density at radius 3 is 2.71 bits per heavy atom. The predicted molar refractivity (Wildman–Crippen MR) is 67.4 cm³/mol. The second-order valence-corrected chi connectivity index (χ2v) is 5.05. The van der Waals surface area contributed by atoms with Gasteiger partial charge in [0.1, 0.15) is 0 Å². The van der Waals surface area contributed by atoms with Crippen molar-refractivity contribution in [3.05, 3.63) is 35.4 Å². The normalized spacial score (nSPS) is 25.2. The Labute approximate surface area is 111 Å². The summed E-state index contributed by atoms with van der Waals surface area (Å²) in [6, 6.07) is 5.56. The fourth-order valence-corrected chi connectivity index (χ4v) is 2.63. The van der Waals surface area contributed by atoms with Crippen LogP contribution in [0.4, 0.5) is 13.2 Å². The SMILES string of the molecule is FC(F)(F)c1cccc([C@@H]2CO[C@H](CI)C2)c1. The Kier molecular flexibility index (Phi) is 3.97. The number of alkyl halides is 4. The number of rotatable bonds is 2. The average Bonchev–Trinajstić information content (AvgIpc) is 2.76. The lowest BCUT2D eigenvalue weighted by Crippen LogP contribution is -2.07. The van der Waals surface area contributed by atoms with Crippen LogP contribution in [0.3, 0.4) is 0 Å². The molecular formula is C12H12F3IO. The minimum atomic E-state index is -4.27. The molecule has 2 rings (SSSR count). The molecular weight excluding hydrogens is 344 g/mol. The molecule has 1 heterocycles. The summed E-state index contributed by atoms with van der Waals surface area (Å²) in [5.74, 6) is 0.0945. The summed E-state index contributed by atoms with van der Waals surface area (Å²) >= 11 is 2.23. The molecule has 1 aliphatic rings. The molecule has 0 unspecified atom stereocenters. The zero-order chi connectivity index (χ0) is 12.5. The standard InChI is InChI=1S/C12H12F3IO/c13-12(14,15)10-3-1-2-8(4-10)9-5-11(6-16)17-7-9/h1-4,9,11H,5-7H2/t9-,11-/m0/s1. The first-order valence-corrected chi connectivity index (χ1v) is 6.88. The smallest absolute Gasteiger partial charge is 0.377 e. The van der Waals surface area contributed by atoms with E-state index in [9.17, 15) is 13.2 Å². The van der Waals surface area contributed by atoms with Crippen molar-refractivity contribution in [3.8, 4) is 0 Å². The first kappa shape index (κ1) is 13.1. The van der Waals surface area contributed by atoms with Gasteiger partial charge in [-0.1, -0.05) is 40.8 Å². The van der Waals surface area contributed by atoms with Crippen molar-refractivity contribution in [1.29, 1.82) is 0 Å². The van der Waals surface area contributed by atoms with Crippen LogP contribution in [-0.2, 0) is 10.9 Å². The van der Waals surface area contributed by atoms with Crippen molar-refractivity contribution >= 4 is 22.6 Å². The van der Waals surface area contributed by atoms with E-state index in [2.05, 4.69) is 22.6 Å². The monoisotopic (exact) mass is 356 g/mol. The first-order valence-electron chi connectivity index (χ1n) is 5.35. The molecule has 17 heavy (non-hydrogen) atoms. The molecule has 0 N–H and O–H groups in total. The van der Waals surface area contributed by atoms with Gasteiger partial charge >= 0.3 is 6.18 Å². The van der Waals surface area contributed by atoms with E-state index >= 15 is 0 Å². The Hall–Kier alpha value is -0.300. The van der Waals surface area contributed by atoms with Gasteiger partial charge in [-0.15, -0.1) is 0 Å². The molecule has 2 atom stereocenters. The van der Waals surface area contributed by atoms with Crippen LogP contribution in [0.25, 0.3) is 0 Å². The van der Waals surface area contributed by atoms with Gasteiger partial charge in [0.25, 0.3) is 0 Å². The molecule has 1 aromatic carbocycles. The van der Waals surface area contributed by atoms with Crippen LogP contribution < -0.4 is 0 Å². The summed E-state index contributed by atoms with van der Waals surface area (Å²) in [6.07, 6.45) is -3.28. The minimum Gasteiger partial charge on any atom is -0.377 e. The number of ether oxygens (including phenoxy) is 1. The third-order valence-corrected chi connectivity index (χ3v) is 3.92. The number of halogens is 4. The van der Waals surface area contributed by atoms with E-state index in [0.29, 0.717) is 6.61 Å². The maximum absolute atomic E-state index is 12.6. The lowest BCUT2D eigenvalue weighted by Gasteiger charge is -2.12. The Morgan fingerprint density at radius 1 is 1.35 bits per heavy atom. The Morgan fingerprint density at radius 2 is 2.12 bits per heavy atom. The van der Waals surface area contributed by atoms with Crippen molar-refractivity contribution in [1.82, 2.24) is 0 Å². The highest BCUT2D eigenvalue weighted by Crippen LogP contribution is 2.34. The molecule has 1 nitrogen and oxygen atoms in total. The zero-order valence-corrected chi connectivity index (χ0v) is 11.2. The van der Waals surface area contributed by atoms with Gasteiger partial charge in [-0.25, -0.2) is 0 Å². The molecule has 1 aromatic rings. The second-order valence-electron chi connectivity index (χ2n) is 4.17. The molecule has 5 heteroatoms. The highest BCUT2D eigenvalue weighted by molar-refractivity contribution is 14.1. The summed E-state index contributed by atoms with van der Waals surface area (Å²) in [5.41, 5.74) is 0.153. The summed E-state index contributed by atoms with van der Waals surface area (Å²) in [7, 11) is 0. The number of hydrogen-bond acceptors (Lipinski definition) is 1. The van der Waals surface area contributed by atoms with E-state index in [0.717, 1.165) is 22.5 Å². The largest absolute Gasteiger partial charge is 0.416 e. The lowest BCUT2D eigenvalue weighted by molar-refractivity contribution is -0.137. The Bertz CT molecular complexity index is 392. The van der Waals surface area contributed by atoms with Gasteiger partial charge in [-0.05, 0) is 18.1 Å². The van der Waals surface area contributed by atoms with Gasteiger partial charge < -0.3 is 4.74 Å². The van der Waals surface area contributed by atoms with Gasteiger partial charge in [0, 0.05) is 10.3 Å². The summed E-state index contributed by atoms with van der Waals surface area (Å²) in [6.45, 7) is 0.523. The molecule has 0 spiro atoms. The van der Waals surface area contributed by atoms with Gasteiger partial charge in [-0.3, -0.25) is 0 Å². The van der Waals surface area contributed by atoms with Crippen LogP contribution in [0.15, 0.2) is 24.3 Å². The molecule has 0 bridgehead atoms. The van der Waals surface area contributed by atoms with E-state index in [4.69, 9.17) is 4.74 Å². The number of benzene rings is 1. The minimum absolute atomic E-state index is 0.0945. The summed E-state index contributed by atoms with van der Waals surface area (Å²) in [4.78, 5) is 0. The molecule has 0 amide bonds. The molecule has 0 aromatic heterocycles. The van der Waals surface area contributed by atoms with Gasteiger partial charge in [0.2, 0.25) is 0 Å². The molecule has 1 fully saturated rings. The lowest BCUT2D eigenvalue weighted by atomic mass is 9.95. The fraction of sp³-hybridized carbons (Fsp3) is 0.500. The predicted octanol–water partition coefficient (Wildman–Crippen LogP) is 4.01. The number of hydrogen-bond donors (Lipinski definition) is 0. The van der Waals surface area contributed by atoms with Crippen molar-refractivity contribution < 1.29 is 17.9 Å². The van der Waals surface area contributed by atoms with Crippen LogP contribution in [0, 0.1) is 0 Å². The van der Waals surface area contributed by atoms with Crippen molar-refractivity contribution in [3.63, 3.8) is 0 Å². The molecule has 0 saturated carbocycles. The highest BCUT2D eigenvalue weighted by atomic mass is 127. The van der Waals surface area contributed by atoms with Crippen LogP contribution in [0.5, 0.6) is 0 Å². The topological polar surface area (TPSA) is 9.23 Å². The Balaban J connectivity index is 2.17. The quantitative estimate of drug-likeness (QED) is 0.575. The summed E-state index contributed by atoms with van der Waals surface area (Å²) in [5, 5.41) is 0. The third kappa shape index (κ3) is 3.13. The van der Waals surface area contributed by atoms with Crippen LogP contribution in [0.1, 0.15) is 23.5 Å². The van der Waals surface area contributed by atoms with E-state index in [-0.39, 0.29) is 12.0 Å².